The molecule has 164 valence electrons. The van der Waals surface area contributed by atoms with Crippen LogP contribution in [0.5, 0.6) is 5.75 Å². The number of unbranched alkanes of at least 4 members (excludes halogenated alkanes) is 2. The molecule has 0 spiro atoms. The molecule has 1 aromatic rings. The lowest BCUT2D eigenvalue weighted by atomic mass is 9.86. The topological polar surface area (TPSA) is 47.9 Å². The van der Waals surface area contributed by atoms with Gasteiger partial charge in [0, 0.05) is 30.4 Å². The van der Waals surface area contributed by atoms with Gasteiger partial charge in [-0.2, -0.15) is 0 Å². The molecule has 0 bridgehead atoms. The van der Waals surface area contributed by atoms with Gasteiger partial charge in [-0.3, -0.25) is 0 Å². The zero-order chi connectivity index (χ0) is 21.1. The average Bonchev–Trinajstić information content (AvgIpc) is 3.02. The monoisotopic (exact) mass is 460 g/mol. The summed E-state index contributed by atoms with van der Waals surface area (Å²) in [5, 5.41) is 11.2. The van der Waals surface area contributed by atoms with Crippen molar-refractivity contribution in [2.24, 2.45) is 11.8 Å². The molecule has 0 aliphatic heterocycles. The maximum atomic E-state index is 10.6. The highest BCUT2D eigenvalue weighted by Crippen LogP contribution is 2.41. The standard InChI is InChI=1S/C22H35ClO4P2/c1-2-3-4-5-6-10-19-20(22(27-29)14-21(19)24)12-11-18(26-28)15-25-17-9-7-8-16(23)13-17/h5-9,13,18-22,24H,2-4,10-12,14-15,28-29H2,1H3/b6-5+. The van der Waals surface area contributed by atoms with E-state index in [4.69, 9.17) is 25.4 Å². The number of benzene rings is 1. The summed E-state index contributed by atoms with van der Waals surface area (Å²) in [5.74, 6) is 1.26. The molecule has 0 aromatic heterocycles. The molecule has 7 atom stereocenters. The smallest absolute Gasteiger partial charge is 0.120 e. The Kier molecular flexibility index (Phi) is 12.1. The summed E-state index contributed by atoms with van der Waals surface area (Å²) in [6, 6.07) is 7.38. The molecule has 0 heterocycles. The van der Waals surface area contributed by atoms with E-state index in [0.717, 1.165) is 31.4 Å². The van der Waals surface area contributed by atoms with E-state index in [1.807, 2.05) is 18.2 Å². The molecule has 0 saturated heterocycles. The van der Waals surface area contributed by atoms with Crippen molar-refractivity contribution < 1.29 is 18.9 Å². The van der Waals surface area contributed by atoms with Crippen molar-refractivity contribution in [3.05, 3.63) is 41.4 Å². The molecule has 0 radical (unpaired) electrons. The van der Waals surface area contributed by atoms with E-state index >= 15 is 0 Å². The maximum absolute atomic E-state index is 10.6. The van der Waals surface area contributed by atoms with Crippen LogP contribution in [-0.2, 0) is 9.05 Å². The Hall–Kier alpha value is -0.210. The van der Waals surface area contributed by atoms with Crippen LogP contribution in [0.3, 0.4) is 0 Å². The van der Waals surface area contributed by atoms with E-state index in [9.17, 15) is 5.11 Å². The summed E-state index contributed by atoms with van der Waals surface area (Å²) < 4.78 is 17.0. The predicted molar refractivity (Wildman–Crippen MR) is 126 cm³/mol. The minimum Gasteiger partial charge on any atom is -0.491 e. The van der Waals surface area contributed by atoms with Crippen molar-refractivity contribution in [1.82, 2.24) is 0 Å². The second-order valence-electron chi connectivity index (χ2n) is 7.76. The van der Waals surface area contributed by atoms with Gasteiger partial charge >= 0.3 is 0 Å². The number of rotatable bonds is 13. The lowest BCUT2D eigenvalue weighted by Gasteiger charge is -2.26. The van der Waals surface area contributed by atoms with Crippen LogP contribution in [0.15, 0.2) is 36.4 Å². The van der Waals surface area contributed by atoms with Crippen molar-refractivity contribution >= 4 is 30.5 Å². The van der Waals surface area contributed by atoms with Crippen LogP contribution in [0, 0.1) is 11.8 Å². The van der Waals surface area contributed by atoms with Crippen molar-refractivity contribution in [3.8, 4) is 5.75 Å². The van der Waals surface area contributed by atoms with E-state index in [0.29, 0.717) is 24.0 Å². The molecule has 1 saturated carbocycles. The molecule has 29 heavy (non-hydrogen) atoms. The third-order valence-electron chi connectivity index (χ3n) is 5.72. The first-order valence-corrected chi connectivity index (χ1v) is 11.8. The summed E-state index contributed by atoms with van der Waals surface area (Å²) in [6.45, 7) is 2.65. The molecule has 1 aromatic carbocycles. The fourth-order valence-electron chi connectivity index (χ4n) is 4.05. The van der Waals surface area contributed by atoms with Gasteiger partial charge in [-0.1, -0.05) is 49.6 Å². The van der Waals surface area contributed by atoms with Crippen LogP contribution < -0.4 is 4.74 Å². The van der Waals surface area contributed by atoms with Gasteiger partial charge in [0.15, 0.2) is 0 Å². The normalized spacial score (nSPS) is 25.6. The molecule has 7 heteroatoms. The molecule has 1 fully saturated rings. The quantitative estimate of drug-likeness (QED) is 0.223. The van der Waals surface area contributed by atoms with Gasteiger partial charge in [-0.05, 0) is 55.7 Å². The second kappa shape index (κ2) is 14.0. The van der Waals surface area contributed by atoms with Gasteiger partial charge in [0.2, 0.25) is 0 Å². The zero-order valence-electron chi connectivity index (χ0n) is 17.2. The molecule has 4 nitrogen and oxygen atoms in total. The first-order chi connectivity index (χ1) is 14.1. The van der Waals surface area contributed by atoms with E-state index in [-0.39, 0.29) is 24.2 Å². The van der Waals surface area contributed by atoms with Crippen LogP contribution in [-0.4, -0.2) is 30.0 Å². The summed E-state index contributed by atoms with van der Waals surface area (Å²) >= 11 is 6.01. The van der Waals surface area contributed by atoms with Crippen molar-refractivity contribution in [3.63, 3.8) is 0 Å². The Labute approximate surface area is 185 Å². The first-order valence-electron chi connectivity index (χ1n) is 10.5. The molecule has 0 amide bonds. The number of aliphatic hydroxyl groups is 1. The summed E-state index contributed by atoms with van der Waals surface area (Å²) in [5.41, 5.74) is 0. The highest BCUT2D eigenvalue weighted by atomic mass is 35.5. The third-order valence-corrected chi connectivity index (χ3v) is 6.69. The van der Waals surface area contributed by atoms with Crippen LogP contribution in [0.25, 0.3) is 0 Å². The first kappa shape index (κ1) is 25.1. The van der Waals surface area contributed by atoms with Crippen molar-refractivity contribution in [1.29, 1.82) is 0 Å². The molecule has 7 unspecified atom stereocenters. The van der Waals surface area contributed by atoms with Crippen LogP contribution >= 0.6 is 30.5 Å². The van der Waals surface area contributed by atoms with Crippen molar-refractivity contribution in [2.45, 2.75) is 70.2 Å². The average molecular weight is 461 g/mol. The Morgan fingerprint density at radius 3 is 2.79 bits per heavy atom. The van der Waals surface area contributed by atoms with Gasteiger partial charge in [0.1, 0.15) is 12.4 Å². The van der Waals surface area contributed by atoms with Crippen LogP contribution in [0.4, 0.5) is 0 Å². The van der Waals surface area contributed by atoms with Crippen LogP contribution in [0.1, 0.15) is 51.9 Å². The Bertz CT molecular complexity index is 616. The minimum atomic E-state index is -0.320. The zero-order valence-corrected chi connectivity index (χ0v) is 20.3. The highest BCUT2D eigenvalue weighted by molar-refractivity contribution is 7.10. The SMILES string of the molecule is CCCC/C=C/CC1C(O)CC(OP)C1CCC(COc1cccc(Cl)c1)OP. The third kappa shape index (κ3) is 8.44. The molecule has 1 N–H and O–H groups in total. The van der Waals surface area contributed by atoms with E-state index in [1.165, 1.54) is 12.8 Å². The molecular formula is C22H35ClO4P2. The fourth-order valence-corrected chi connectivity index (χ4v) is 4.75. The van der Waals surface area contributed by atoms with Gasteiger partial charge in [0.25, 0.3) is 0 Å². The Morgan fingerprint density at radius 1 is 1.28 bits per heavy atom. The fraction of sp³-hybridized carbons (Fsp3) is 0.636. The van der Waals surface area contributed by atoms with Gasteiger partial charge in [-0.25, -0.2) is 0 Å². The van der Waals surface area contributed by atoms with Gasteiger partial charge in [-0.15, -0.1) is 0 Å². The lowest BCUT2D eigenvalue weighted by Crippen LogP contribution is -2.26. The molecule has 2 rings (SSSR count). The number of allylic oxidation sites excluding steroid dienone is 2. The van der Waals surface area contributed by atoms with Crippen LogP contribution in [0.2, 0.25) is 5.02 Å². The van der Waals surface area contributed by atoms with E-state index in [2.05, 4.69) is 38.0 Å². The Balaban J connectivity index is 1.88. The van der Waals surface area contributed by atoms with Gasteiger partial charge in [0.05, 0.1) is 18.3 Å². The number of ether oxygens (including phenoxy) is 1. The predicted octanol–water partition coefficient (Wildman–Crippen LogP) is 5.98. The molecular weight excluding hydrogens is 426 g/mol. The summed E-state index contributed by atoms with van der Waals surface area (Å²) in [6.07, 6.45) is 11.0. The summed E-state index contributed by atoms with van der Waals surface area (Å²) in [4.78, 5) is 0. The van der Waals surface area contributed by atoms with E-state index < -0.39 is 0 Å². The number of hydrogen-bond acceptors (Lipinski definition) is 4. The maximum Gasteiger partial charge on any atom is 0.120 e. The largest absolute Gasteiger partial charge is 0.491 e. The number of aliphatic hydroxyl groups excluding tert-OH is 1. The number of halogens is 1. The minimum absolute atomic E-state index is 0.0531. The Morgan fingerprint density at radius 2 is 2.10 bits per heavy atom. The molecule has 1 aliphatic rings. The highest BCUT2D eigenvalue weighted by Gasteiger charge is 2.41. The summed E-state index contributed by atoms with van der Waals surface area (Å²) in [7, 11) is 4.72. The number of hydrogen-bond donors (Lipinski definition) is 1. The van der Waals surface area contributed by atoms with E-state index in [1.54, 1.807) is 6.07 Å². The molecule has 1 aliphatic carbocycles. The van der Waals surface area contributed by atoms with Crippen molar-refractivity contribution in [2.75, 3.05) is 6.61 Å². The second-order valence-corrected chi connectivity index (χ2v) is 8.74. The van der Waals surface area contributed by atoms with Gasteiger partial charge < -0.3 is 18.9 Å². The lowest BCUT2D eigenvalue weighted by molar-refractivity contribution is 0.0972.